The van der Waals surface area contributed by atoms with Gasteiger partial charge in [0, 0.05) is 12.5 Å². The van der Waals surface area contributed by atoms with Crippen LogP contribution in [0.1, 0.15) is 53.4 Å². The van der Waals surface area contributed by atoms with Crippen molar-refractivity contribution in [3.8, 4) is 0 Å². The maximum absolute atomic E-state index is 12.0. The topological polar surface area (TPSA) is 66.4 Å². The Morgan fingerprint density at radius 3 is 1.94 bits per heavy atom. The van der Waals surface area contributed by atoms with Crippen LogP contribution >= 0.6 is 0 Å². The Morgan fingerprint density at radius 2 is 1.61 bits per heavy atom. The van der Waals surface area contributed by atoms with Crippen LogP contribution in [0.15, 0.2) is 0 Å². The van der Waals surface area contributed by atoms with Crippen LogP contribution in [-0.2, 0) is 9.59 Å². The molecule has 0 aromatic rings. The molecule has 4 heteroatoms. The van der Waals surface area contributed by atoms with Crippen LogP contribution < -0.4 is 5.32 Å². The quantitative estimate of drug-likeness (QED) is 0.667. The van der Waals surface area contributed by atoms with E-state index < -0.39 is 11.9 Å². The predicted molar refractivity (Wildman–Crippen MR) is 72.3 cm³/mol. The number of rotatable bonds is 9. The average molecular weight is 257 g/mol. The van der Waals surface area contributed by atoms with E-state index in [-0.39, 0.29) is 24.3 Å². The third kappa shape index (κ3) is 6.03. The monoisotopic (exact) mass is 257 g/mol. The minimum atomic E-state index is -0.840. The van der Waals surface area contributed by atoms with Crippen molar-refractivity contribution < 1.29 is 14.7 Å². The molecule has 106 valence electrons. The van der Waals surface area contributed by atoms with Crippen molar-refractivity contribution in [2.24, 2.45) is 17.8 Å². The minimum absolute atomic E-state index is 0.00519. The lowest BCUT2D eigenvalue weighted by atomic mass is 9.94. The van der Waals surface area contributed by atoms with Crippen LogP contribution in [-0.4, -0.2) is 23.5 Å². The molecule has 0 aliphatic rings. The molecule has 1 atom stereocenters. The Hall–Kier alpha value is -1.06. The highest BCUT2D eigenvalue weighted by Gasteiger charge is 2.23. The van der Waals surface area contributed by atoms with Crippen LogP contribution in [0.2, 0.25) is 0 Å². The highest BCUT2D eigenvalue weighted by molar-refractivity contribution is 5.79. The molecule has 0 radical (unpaired) electrons. The number of carboxylic acid groups (broad SMARTS) is 1. The summed E-state index contributed by atoms with van der Waals surface area (Å²) >= 11 is 0. The molecule has 0 aromatic carbocycles. The maximum atomic E-state index is 12.0. The number of carboxylic acids is 1. The zero-order chi connectivity index (χ0) is 14.1. The Kier molecular flexibility index (Phi) is 8.42. The average Bonchev–Trinajstić information content (AvgIpc) is 2.27. The Morgan fingerprint density at radius 1 is 1.11 bits per heavy atom. The van der Waals surface area contributed by atoms with Gasteiger partial charge in [0.1, 0.15) is 0 Å². The first-order chi connectivity index (χ1) is 8.43. The Bertz CT molecular complexity index is 258. The molecule has 0 saturated heterocycles. The van der Waals surface area contributed by atoms with Gasteiger partial charge in [0.25, 0.3) is 0 Å². The highest BCUT2D eigenvalue weighted by atomic mass is 16.4. The van der Waals surface area contributed by atoms with Crippen molar-refractivity contribution in [2.45, 2.75) is 53.4 Å². The van der Waals surface area contributed by atoms with Gasteiger partial charge in [-0.25, -0.2) is 0 Å². The molecule has 4 nitrogen and oxygen atoms in total. The maximum Gasteiger partial charge on any atom is 0.308 e. The predicted octanol–water partition coefficient (Wildman–Crippen LogP) is 2.68. The van der Waals surface area contributed by atoms with Crippen LogP contribution in [0.4, 0.5) is 0 Å². The fourth-order valence-corrected chi connectivity index (χ4v) is 2.07. The Labute approximate surface area is 110 Å². The van der Waals surface area contributed by atoms with Crippen molar-refractivity contribution in [1.82, 2.24) is 5.32 Å². The summed E-state index contributed by atoms with van der Waals surface area (Å²) in [6.45, 7) is 8.07. The number of amides is 1. The van der Waals surface area contributed by atoms with Crippen LogP contribution in [0.25, 0.3) is 0 Å². The second-order valence-corrected chi connectivity index (χ2v) is 5.21. The van der Waals surface area contributed by atoms with Gasteiger partial charge in [-0.1, -0.05) is 40.5 Å². The fourth-order valence-electron chi connectivity index (χ4n) is 2.07. The van der Waals surface area contributed by atoms with E-state index in [0.717, 1.165) is 25.7 Å². The van der Waals surface area contributed by atoms with Gasteiger partial charge in [-0.2, -0.15) is 0 Å². The van der Waals surface area contributed by atoms with Gasteiger partial charge in [-0.3, -0.25) is 9.59 Å². The van der Waals surface area contributed by atoms with Crippen LogP contribution in [0, 0.1) is 17.8 Å². The summed E-state index contributed by atoms with van der Waals surface area (Å²) in [6, 6.07) is 0. The summed E-state index contributed by atoms with van der Waals surface area (Å²) in [7, 11) is 0. The van der Waals surface area contributed by atoms with E-state index in [0.29, 0.717) is 0 Å². The van der Waals surface area contributed by atoms with Crippen molar-refractivity contribution in [2.75, 3.05) is 6.54 Å². The van der Waals surface area contributed by atoms with E-state index in [9.17, 15) is 9.59 Å². The van der Waals surface area contributed by atoms with Gasteiger partial charge < -0.3 is 10.4 Å². The molecule has 1 amide bonds. The van der Waals surface area contributed by atoms with Gasteiger partial charge in [0.2, 0.25) is 5.91 Å². The largest absolute Gasteiger partial charge is 0.481 e. The molecule has 0 spiro atoms. The lowest BCUT2D eigenvalue weighted by Crippen LogP contribution is -2.38. The van der Waals surface area contributed by atoms with Crippen molar-refractivity contribution in [3.05, 3.63) is 0 Å². The smallest absolute Gasteiger partial charge is 0.308 e. The van der Waals surface area contributed by atoms with E-state index in [1.807, 2.05) is 13.8 Å². The van der Waals surface area contributed by atoms with Gasteiger partial charge in [0.15, 0.2) is 0 Å². The van der Waals surface area contributed by atoms with E-state index in [2.05, 4.69) is 19.2 Å². The summed E-state index contributed by atoms with van der Waals surface area (Å²) < 4.78 is 0. The van der Waals surface area contributed by atoms with E-state index in [1.54, 1.807) is 0 Å². The second kappa shape index (κ2) is 8.95. The van der Waals surface area contributed by atoms with Gasteiger partial charge in [-0.15, -0.1) is 0 Å². The first kappa shape index (κ1) is 16.9. The summed E-state index contributed by atoms with van der Waals surface area (Å²) in [4.78, 5) is 23.0. The molecule has 1 unspecified atom stereocenters. The third-order valence-electron chi connectivity index (χ3n) is 3.26. The zero-order valence-electron chi connectivity index (χ0n) is 12.0. The van der Waals surface area contributed by atoms with Crippen molar-refractivity contribution >= 4 is 11.9 Å². The second-order valence-electron chi connectivity index (χ2n) is 5.21. The number of aliphatic carboxylic acids is 1. The first-order valence-electron chi connectivity index (χ1n) is 6.94. The lowest BCUT2D eigenvalue weighted by Gasteiger charge is -2.20. The fraction of sp³-hybridized carbons (Fsp3) is 0.857. The molecule has 0 rings (SSSR count). The number of hydrogen-bond acceptors (Lipinski definition) is 2. The summed E-state index contributed by atoms with van der Waals surface area (Å²) in [5.74, 6) is -1.28. The molecule has 0 aromatic heterocycles. The normalized spacial score (nSPS) is 12.8. The molecule has 0 bridgehead atoms. The molecular weight excluding hydrogens is 230 g/mol. The SMILES string of the molecule is CCCC(CCC)C(=O)NCC(C(=O)O)C(C)C. The summed E-state index contributed by atoms with van der Waals surface area (Å²) in [5, 5.41) is 11.8. The molecule has 0 aliphatic carbocycles. The third-order valence-corrected chi connectivity index (χ3v) is 3.26. The van der Waals surface area contributed by atoms with Crippen LogP contribution in [0.5, 0.6) is 0 Å². The van der Waals surface area contributed by atoms with Crippen LogP contribution in [0.3, 0.4) is 0 Å². The van der Waals surface area contributed by atoms with Crippen molar-refractivity contribution in [3.63, 3.8) is 0 Å². The Balaban J connectivity index is 4.31. The number of carbonyl (C=O) groups excluding carboxylic acids is 1. The highest BCUT2D eigenvalue weighted by Crippen LogP contribution is 2.15. The minimum Gasteiger partial charge on any atom is -0.481 e. The molecule has 2 N–H and O–H groups in total. The molecule has 0 aliphatic heterocycles. The van der Waals surface area contributed by atoms with E-state index in [1.165, 1.54) is 0 Å². The molecular formula is C14H27NO3. The van der Waals surface area contributed by atoms with Crippen molar-refractivity contribution in [1.29, 1.82) is 0 Å². The number of carbonyl (C=O) groups is 2. The number of nitrogens with one attached hydrogen (secondary N) is 1. The van der Waals surface area contributed by atoms with E-state index in [4.69, 9.17) is 5.11 Å². The summed E-state index contributed by atoms with van der Waals surface area (Å²) in [6.07, 6.45) is 3.70. The molecule has 18 heavy (non-hydrogen) atoms. The lowest BCUT2D eigenvalue weighted by molar-refractivity contribution is -0.143. The molecule has 0 saturated carbocycles. The molecule has 0 fully saturated rings. The zero-order valence-corrected chi connectivity index (χ0v) is 12.0. The standard InChI is InChI=1S/C14H27NO3/c1-5-7-11(8-6-2)13(16)15-9-12(10(3)4)14(17)18/h10-12H,5-9H2,1-4H3,(H,15,16)(H,17,18). The van der Waals surface area contributed by atoms with Gasteiger partial charge in [0.05, 0.1) is 5.92 Å². The molecule has 0 heterocycles. The van der Waals surface area contributed by atoms with Gasteiger partial charge >= 0.3 is 5.97 Å². The summed E-state index contributed by atoms with van der Waals surface area (Å²) in [5.41, 5.74) is 0. The van der Waals surface area contributed by atoms with Gasteiger partial charge in [-0.05, 0) is 18.8 Å². The van der Waals surface area contributed by atoms with E-state index >= 15 is 0 Å². The first-order valence-corrected chi connectivity index (χ1v) is 6.94. The number of hydrogen-bond donors (Lipinski definition) is 2.